The van der Waals surface area contributed by atoms with Crippen molar-refractivity contribution in [2.24, 2.45) is 11.8 Å². The molecule has 0 aliphatic heterocycles. The highest BCUT2D eigenvalue weighted by Crippen LogP contribution is 2.09. The van der Waals surface area contributed by atoms with Gasteiger partial charge in [-0.05, 0) is 5.92 Å². The van der Waals surface area contributed by atoms with Crippen LogP contribution in [0.2, 0.25) is 0 Å². The number of carbonyl (C=O) groups excluding carboxylic acids is 3. The van der Waals surface area contributed by atoms with Gasteiger partial charge in [0.15, 0.2) is 0 Å². The molecule has 0 spiro atoms. The first kappa shape index (κ1) is 14.6. The lowest BCUT2D eigenvalue weighted by molar-refractivity contribution is -0.199. The molecule has 0 aromatic carbocycles. The van der Waals surface area contributed by atoms with Gasteiger partial charge in [-0.25, -0.2) is 4.79 Å². The molecule has 0 radical (unpaired) electrons. The van der Waals surface area contributed by atoms with E-state index in [1.165, 1.54) is 0 Å². The maximum Gasteiger partial charge on any atom is 0.335 e. The summed E-state index contributed by atoms with van der Waals surface area (Å²) in [6.45, 7) is 7.10. The highest BCUT2D eigenvalue weighted by atomic mass is 16.7. The van der Waals surface area contributed by atoms with Crippen molar-refractivity contribution in [1.29, 1.82) is 0 Å². The molecule has 0 aliphatic carbocycles. The van der Waals surface area contributed by atoms with Crippen LogP contribution in [0.5, 0.6) is 0 Å². The highest BCUT2D eigenvalue weighted by molar-refractivity contribution is 5.87. The van der Waals surface area contributed by atoms with Crippen LogP contribution < -0.4 is 0 Å². The standard InChI is InChI=1S/C11H19NO4/c1-5-9(4)6-10(14)12(7-13)16-11(15)8(2)3/h7-9H,5-6H2,1-4H3. The summed E-state index contributed by atoms with van der Waals surface area (Å²) < 4.78 is 0. The molecule has 0 bridgehead atoms. The van der Waals surface area contributed by atoms with Crippen molar-refractivity contribution in [2.75, 3.05) is 0 Å². The van der Waals surface area contributed by atoms with Crippen molar-refractivity contribution >= 4 is 18.3 Å². The van der Waals surface area contributed by atoms with E-state index in [9.17, 15) is 14.4 Å². The molecule has 5 heteroatoms. The predicted octanol–water partition coefficient (Wildman–Crippen LogP) is 1.52. The topological polar surface area (TPSA) is 63.7 Å². The third kappa shape index (κ3) is 4.91. The van der Waals surface area contributed by atoms with Crippen molar-refractivity contribution in [3.8, 4) is 0 Å². The van der Waals surface area contributed by atoms with E-state index >= 15 is 0 Å². The van der Waals surface area contributed by atoms with Crippen molar-refractivity contribution in [3.63, 3.8) is 0 Å². The zero-order chi connectivity index (χ0) is 12.7. The van der Waals surface area contributed by atoms with E-state index in [0.29, 0.717) is 5.06 Å². The van der Waals surface area contributed by atoms with Gasteiger partial charge in [0.25, 0.3) is 12.3 Å². The van der Waals surface area contributed by atoms with Gasteiger partial charge in [-0.2, -0.15) is 0 Å². The summed E-state index contributed by atoms with van der Waals surface area (Å²) in [6.07, 6.45) is 1.25. The molecule has 0 aromatic rings. The molecule has 0 saturated carbocycles. The Kier molecular flexibility index (Phi) is 6.37. The molecule has 0 N–H and O–H groups in total. The van der Waals surface area contributed by atoms with Crippen LogP contribution in [0.4, 0.5) is 0 Å². The van der Waals surface area contributed by atoms with Crippen LogP contribution in [0.1, 0.15) is 40.5 Å². The van der Waals surface area contributed by atoms with Crippen molar-refractivity contribution in [3.05, 3.63) is 0 Å². The lowest BCUT2D eigenvalue weighted by Gasteiger charge is -2.17. The molecule has 0 saturated heterocycles. The van der Waals surface area contributed by atoms with Crippen LogP contribution in [0.25, 0.3) is 0 Å². The molecular weight excluding hydrogens is 210 g/mol. The molecule has 2 amide bonds. The molecule has 92 valence electrons. The fourth-order valence-electron chi connectivity index (χ4n) is 0.866. The van der Waals surface area contributed by atoms with Gasteiger partial charge in [-0.3, -0.25) is 9.59 Å². The second kappa shape index (κ2) is 6.98. The second-order valence-electron chi connectivity index (χ2n) is 4.11. The zero-order valence-electron chi connectivity index (χ0n) is 10.2. The first-order valence-electron chi connectivity index (χ1n) is 5.41. The van der Waals surface area contributed by atoms with Crippen LogP contribution >= 0.6 is 0 Å². The quantitative estimate of drug-likeness (QED) is 0.529. The van der Waals surface area contributed by atoms with Gasteiger partial charge in [-0.15, -0.1) is 5.06 Å². The Hall–Kier alpha value is -1.39. The monoisotopic (exact) mass is 229 g/mol. The molecule has 1 unspecified atom stereocenters. The Bertz CT molecular complexity index is 263. The van der Waals surface area contributed by atoms with Crippen molar-refractivity contribution in [2.45, 2.75) is 40.5 Å². The lowest BCUT2D eigenvalue weighted by Crippen LogP contribution is -2.34. The first-order valence-corrected chi connectivity index (χ1v) is 5.41. The van der Waals surface area contributed by atoms with Crippen molar-refractivity contribution in [1.82, 2.24) is 5.06 Å². The summed E-state index contributed by atoms with van der Waals surface area (Å²) in [5.74, 6) is -1.30. The molecule has 1 atom stereocenters. The Balaban J connectivity index is 4.33. The highest BCUT2D eigenvalue weighted by Gasteiger charge is 2.21. The van der Waals surface area contributed by atoms with Gasteiger partial charge in [0.2, 0.25) is 0 Å². The Morgan fingerprint density at radius 1 is 1.31 bits per heavy atom. The predicted molar refractivity (Wildman–Crippen MR) is 57.9 cm³/mol. The third-order valence-corrected chi connectivity index (χ3v) is 2.22. The lowest BCUT2D eigenvalue weighted by atomic mass is 10.1. The van der Waals surface area contributed by atoms with E-state index in [-0.39, 0.29) is 24.7 Å². The molecule has 5 nitrogen and oxygen atoms in total. The van der Waals surface area contributed by atoms with E-state index < -0.39 is 11.9 Å². The number of carbonyl (C=O) groups is 3. The summed E-state index contributed by atoms with van der Waals surface area (Å²) in [7, 11) is 0. The maximum absolute atomic E-state index is 11.5. The Morgan fingerprint density at radius 3 is 2.25 bits per heavy atom. The number of imide groups is 1. The van der Waals surface area contributed by atoms with E-state index in [0.717, 1.165) is 6.42 Å². The van der Waals surface area contributed by atoms with Gasteiger partial charge < -0.3 is 4.84 Å². The molecule has 0 heterocycles. The number of nitrogens with zero attached hydrogens (tertiary/aromatic N) is 1. The average Bonchev–Trinajstić information content (AvgIpc) is 2.24. The SMILES string of the molecule is CCC(C)CC(=O)N(C=O)OC(=O)C(C)C. The summed E-state index contributed by atoms with van der Waals surface area (Å²) in [5, 5.41) is 0.481. The van der Waals surface area contributed by atoms with E-state index in [2.05, 4.69) is 4.84 Å². The normalized spacial score (nSPS) is 12.1. The van der Waals surface area contributed by atoms with Crippen LogP contribution in [0.15, 0.2) is 0 Å². The van der Waals surface area contributed by atoms with Gasteiger partial charge in [-0.1, -0.05) is 34.1 Å². The minimum atomic E-state index is -0.593. The van der Waals surface area contributed by atoms with E-state index in [4.69, 9.17) is 0 Å². The van der Waals surface area contributed by atoms with Gasteiger partial charge in [0.1, 0.15) is 0 Å². The maximum atomic E-state index is 11.5. The molecule has 0 fully saturated rings. The molecule has 16 heavy (non-hydrogen) atoms. The van der Waals surface area contributed by atoms with Crippen LogP contribution in [-0.4, -0.2) is 23.3 Å². The van der Waals surface area contributed by atoms with Crippen molar-refractivity contribution < 1.29 is 19.2 Å². The number of hydrogen-bond acceptors (Lipinski definition) is 4. The Labute approximate surface area is 95.7 Å². The number of rotatable bonds is 5. The van der Waals surface area contributed by atoms with Gasteiger partial charge in [0.05, 0.1) is 5.92 Å². The number of hydroxylamine groups is 2. The van der Waals surface area contributed by atoms with Crippen LogP contribution in [0, 0.1) is 11.8 Å². The molecule has 0 aliphatic rings. The zero-order valence-corrected chi connectivity index (χ0v) is 10.2. The van der Waals surface area contributed by atoms with E-state index in [1.54, 1.807) is 13.8 Å². The Morgan fingerprint density at radius 2 is 1.88 bits per heavy atom. The summed E-state index contributed by atoms with van der Waals surface area (Å²) in [6, 6.07) is 0. The third-order valence-electron chi connectivity index (χ3n) is 2.22. The van der Waals surface area contributed by atoms with Crippen LogP contribution in [-0.2, 0) is 19.2 Å². The average molecular weight is 229 g/mol. The molecule has 0 aromatic heterocycles. The van der Waals surface area contributed by atoms with Gasteiger partial charge >= 0.3 is 5.97 Å². The summed E-state index contributed by atoms with van der Waals surface area (Å²) in [5.41, 5.74) is 0. The van der Waals surface area contributed by atoms with Crippen LogP contribution in [0.3, 0.4) is 0 Å². The summed E-state index contributed by atoms with van der Waals surface area (Å²) >= 11 is 0. The fourth-order valence-corrected chi connectivity index (χ4v) is 0.866. The van der Waals surface area contributed by atoms with Gasteiger partial charge in [0, 0.05) is 6.42 Å². The first-order chi connectivity index (χ1) is 7.42. The minimum Gasteiger partial charge on any atom is -0.330 e. The minimum absolute atomic E-state index is 0.160. The number of hydrogen-bond donors (Lipinski definition) is 0. The number of amides is 2. The molecule has 0 rings (SSSR count). The largest absolute Gasteiger partial charge is 0.335 e. The smallest absolute Gasteiger partial charge is 0.330 e. The second-order valence-corrected chi connectivity index (χ2v) is 4.11. The molecular formula is C11H19NO4. The van der Waals surface area contributed by atoms with E-state index in [1.807, 2.05) is 13.8 Å². The summed E-state index contributed by atoms with van der Waals surface area (Å²) in [4.78, 5) is 38.0. The fraction of sp³-hybridized carbons (Fsp3) is 0.727.